The van der Waals surface area contributed by atoms with Crippen molar-refractivity contribution in [2.45, 2.75) is 32.7 Å². The Hall–Kier alpha value is -1.97. The van der Waals surface area contributed by atoms with E-state index in [2.05, 4.69) is 27.0 Å². The van der Waals surface area contributed by atoms with Gasteiger partial charge in [-0.15, -0.1) is 11.3 Å². The summed E-state index contributed by atoms with van der Waals surface area (Å²) in [6.45, 7) is 2.53. The molecule has 0 spiro atoms. The van der Waals surface area contributed by atoms with E-state index in [1.54, 1.807) is 4.57 Å². The first-order chi connectivity index (χ1) is 11.7. The van der Waals surface area contributed by atoms with E-state index in [0.717, 1.165) is 26.3 Å². The zero-order valence-corrected chi connectivity index (χ0v) is 15.7. The van der Waals surface area contributed by atoms with Crippen LogP contribution in [0.15, 0.2) is 38.9 Å². The molecule has 0 aliphatic carbocycles. The van der Waals surface area contributed by atoms with E-state index >= 15 is 0 Å². The number of halogens is 1. The van der Waals surface area contributed by atoms with Gasteiger partial charge in [-0.25, -0.2) is 4.98 Å². The molecule has 1 aromatic carbocycles. The monoisotopic (exact) mass is 401 g/mol. The molecule has 0 saturated heterocycles. The molecule has 0 aliphatic rings. The van der Waals surface area contributed by atoms with Gasteiger partial charge < -0.3 is 0 Å². The third-order valence-electron chi connectivity index (χ3n) is 3.91. The van der Waals surface area contributed by atoms with E-state index < -0.39 is 0 Å². The zero-order chi connectivity index (χ0) is 17.1. The Morgan fingerprint density at radius 2 is 2.08 bits per heavy atom. The number of nitrogens with zero attached hydrogens (tertiary/aromatic N) is 3. The highest BCUT2D eigenvalue weighted by atomic mass is 79.9. The van der Waals surface area contributed by atoms with Crippen molar-refractivity contribution in [1.29, 1.82) is 5.26 Å². The number of rotatable bonds is 5. The van der Waals surface area contributed by atoms with Crippen molar-refractivity contribution in [3.8, 4) is 17.2 Å². The number of hydrogen-bond acceptors (Lipinski definition) is 4. The minimum atomic E-state index is -0.00559. The van der Waals surface area contributed by atoms with Gasteiger partial charge >= 0.3 is 0 Å². The Kier molecular flexibility index (Phi) is 5.12. The van der Waals surface area contributed by atoms with E-state index in [4.69, 9.17) is 5.26 Å². The molecule has 0 unspecified atom stereocenters. The lowest BCUT2D eigenvalue weighted by molar-refractivity contribution is 0.594. The molecule has 0 aliphatic heterocycles. The maximum Gasteiger partial charge on any atom is 0.262 e. The molecule has 0 bridgehead atoms. The minimum Gasteiger partial charge on any atom is -0.296 e. The third kappa shape index (κ3) is 3.14. The molecule has 0 radical (unpaired) electrons. The second kappa shape index (κ2) is 7.29. The SMILES string of the molecule is CCc1nc2scc(-c3ccc(Br)cc3)c2c(=O)n1CCCC#N. The predicted octanol–water partition coefficient (Wildman–Crippen LogP) is 4.75. The van der Waals surface area contributed by atoms with Gasteiger partial charge in [-0.3, -0.25) is 9.36 Å². The lowest BCUT2D eigenvalue weighted by Gasteiger charge is -2.11. The van der Waals surface area contributed by atoms with Gasteiger partial charge in [-0.1, -0.05) is 35.0 Å². The number of aryl methyl sites for hydroxylation is 1. The van der Waals surface area contributed by atoms with Crippen LogP contribution in [0.1, 0.15) is 25.6 Å². The number of thiophene rings is 1. The Balaban J connectivity index is 2.17. The van der Waals surface area contributed by atoms with Crippen LogP contribution in [0.25, 0.3) is 21.3 Å². The van der Waals surface area contributed by atoms with Crippen molar-refractivity contribution >= 4 is 37.5 Å². The van der Waals surface area contributed by atoms with Crippen LogP contribution in [0, 0.1) is 11.3 Å². The van der Waals surface area contributed by atoms with Crippen molar-refractivity contribution in [2.24, 2.45) is 0 Å². The predicted molar refractivity (Wildman–Crippen MR) is 101 cm³/mol. The lowest BCUT2D eigenvalue weighted by Crippen LogP contribution is -2.25. The van der Waals surface area contributed by atoms with Crippen molar-refractivity contribution in [1.82, 2.24) is 9.55 Å². The smallest absolute Gasteiger partial charge is 0.262 e. The Morgan fingerprint density at radius 1 is 1.33 bits per heavy atom. The van der Waals surface area contributed by atoms with Gasteiger partial charge in [-0.05, 0) is 24.1 Å². The van der Waals surface area contributed by atoms with Crippen LogP contribution in [0.3, 0.4) is 0 Å². The van der Waals surface area contributed by atoms with Gasteiger partial charge in [0.1, 0.15) is 10.7 Å². The normalized spacial score (nSPS) is 10.9. The molecule has 24 heavy (non-hydrogen) atoms. The fraction of sp³-hybridized carbons (Fsp3) is 0.278. The highest BCUT2D eigenvalue weighted by Crippen LogP contribution is 2.31. The molecular formula is C18H16BrN3OS. The Labute approximate surface area is 152 Å². The number of fused-ring (bicyclic) bond motifs is 1. The van der Waals surface area contributed by atoms with E-state index in [1.807, 2.05) is 36.6 Å². The quantitative estimate of drug-likeness (QED) is 0.579. The molecule has 2 aromatic heterocycles. The van der Waals surface area contributed by atoms with Crippen LogP contribution in [0.5, 0.6) is 0 Å². The average molecular weight is 402 g/mol. The van der Waals surface area contributed by atoms with Crippen LogP contribution in [-0.4, -0.2) is 9.55 Å². The zero-order valence-electron chi connectivity index (χ0n) is 13.3. The largest absolute Gasteiger partial charge is 0.296 e. The number of unbranched alkanes of at least 4 members (excludes halogenated alkanes) is 1. The van der Waals surface area contributed by atoms with Gasteiger partial charge in [0.15, 0.2) is 0 Å². The van der Waals surface area contributed by atoms with E-state index in [1.165, 1.54) is 11.3 Å². The summed E-state index contributed by atoms with van der Waals surface area (Å²) in [6, 6.07) is 10.1. The summed E-state index contributed by atoms with van der Waals surface area (Å²) < 4.78 is 2.74. The van der Waals surface area contributed by atoms with Crippen molar-refractivity contribution < 1.29 is 0 Å². The second-order valence-electron chi connectivity index (χ2n) is 5.44. The highest BCUT2D eigenvalue weighted by molar-refractivity contribution is 9.10. The molecule has 3 aromatic rings. The first-order valence-electron chi connectivity index (χ1n) is 7.79. The van der Waals surface area contributed by atoms with Crippen LogP contribution < -0.4 is 5.56 Å². The fourth-order valence-electron chi connectivity index (χ4n) is 2.73. The molecule has 0 N–H and O–H groups in total. The summed E-state index contributed by atoms with van der Waals surface area (Å²) >= 11 is 4.94. The highest BCUT2D eigenvalue weighted by Gasteiger charge is 2.16. The third-order valence-corrected chi connectivity index (χ3v) is 5.32. The van der Waals surface area contributed by atoms with Crippen molar-refractivity contribution in [2.75, 3.05) is 0 Å². The van der Waals surface area contributed by atoms with E-state index in [-0.39, 0.29) is 5.56 Å². The number of nitriles is 1. The topological polar surface area (TPSA) is 58.7 Å². The summed E-state index contributed by atoms with van der Waals surface area (Å²) in [5, 5.41) is 11.4. The van der Waals surface area contributed by atoms with Crippen LogP contribution >= 0.6 is 27.3 Å². The van der Waals surface area contributed by atoms with Gasteiger partial charge in [0.2, 0.25) is 0 Å². The summed E-state index contributed by atoms with van der Waals surface area (Å²) in [6.07, 6.45) is 1.80. The van der Waals surface area contributed by atoms with Crippen molar-refractivity contribution in [3.05, 3.63) is 50.3 Å². The molecule has 122 valence electrons. The molecule has 4 nitrogen and oxygen atoms in total. The fourth-order valence-corrected chi connectivity index (χ4v) is 3.95. The number of aromatic nitrogens is 2. The molecule has 2 heterocycles. The van der Waals surface area contributed by atoms with Gasteiger partial charge in [0.05, 0.1) is 11.5 Å². The first-order valence-corrected chi connectivity index (χ1v) is 9.46. The molecule has 0 saturated carbocycles. The van der Waals surface area contributed by atoms with Gasteiger partial charge in [0.25, 0.3) is 5.56 Å². The number of hydrogen-bond donors (Lipinski definition) is 0. The van der Waals surface area contributed by atoms with Crippen molar-refractivity contribution in [3.63, 3.8) is 0 Å². The Morgan fingerprint density at radius 3 is 2.75 bits per heavy atom. The summed E-state index contributed by atoms with van der Waals surface area (Å²) in [5.41, 5.74) is 1.93. The average Bonchev–Trinajstić information content (AvgIpc) is 3.01. The summed E-state index contributed by atoms with van der Waals surface area (Å²) in [5.74, 6) is 0.787. The molecule has 0 atom stereocenters. The van der Waals surface area contributed by atoms with E-state index in [9.17, 15) is 4.79 Å². The second-order valence-corrected chi connectivity index (χ2v) is 7.21. The standard InChI is InChI=1S/C18H16BrN3OS/c1-2-15-21-17-16(18(23)22(15)10-4-3-9-20)14(11-24-17)12-5-7-13(19)8-6-12/h5-8,11H,2-4,10H2,1H3. The molecule has 3 rings (SSSR count). The van der Waals surface area contributed by atoms with Crippen LogP contribution in [0.4, 0.5) is 0 Å². The van der Waals surface area contributed by atoms with Crippen LogP contribution in [-0.2, 0) is 13.0 Å². The summed E-state index contributed by atoms with van der Waals surface area (Å²) in [4.78, 5) is 18.5. The lowest BCUT2D eigenvalue weighted by atomic mass is 10.1. The van der Waals surface area contributed by atoms with Gasteiger partial charge in [0, 0.05) is 34.8 Å². The minimum absolute atomic E-state index is 0.00559. The van der Waals surface area contributed by atoms with Gasteiger partial charge in [-0.2, -0.15) is 5.26 Å². The Bertz CT molecular complexity index is 967. The summed E-state index contributed by atoms with van der Waals surface area (Å²) in [7, 11) is 0. The van der Waals surface area contributed by atoms with E-state index in [0.29, 0.717) is 31.2 Å². The number of benzene rings is 1. The maximum atomic E-state index is 13.1. The first kappa shape index (κ1) is 16.9. The molecule has 0 amide bonds. The molecule has 0 fully saturated rings. The molecule has 6 heteroatoms. The van der Waals surface area contributed by atoms with Crippen LogP contribution in [0.2, 0.25) is 0 Å². The maximum absolute atomic E-state index is 13.1. The molecular weight excluding hydrogens is 386 g/mol.